The third-order valence-corrected chi connectivity index (χ3v) is 4.01. The fourth-order valence-corrected chi connectivity index (χ4v) is 2.52. The smallest absolute Gasteiger partial charge is 0.252 e. The summed E-state index contributed by atoms with van der Waals surface area (Å²) in [5, 5.41) is 13.1. The summed E-state index contributed by atoms with van der Waals surface area (Å²) in [6, 6.07) is 4.86. The van der Waals surface area contributed by atoms with Gasteiger partial charge in [0.15, 0.2) is 0 Å². The number of nitrogens with one attached hydrogen (secondary N) is 1. The fraction of sp³-hybridized carbons (Fsp3) is 0.417. The van der Waals surface area contributed by atoms with Crippen LogP contribution in [0.25, 0.3) is 0 Å². The highest BCUT2D eigenvalue weighted by molar-refractivity contribution is 7.98. The van der Waals surface area contributed by atoms with E-state index in [1.54, 1.807) is 25.1 Å². The number of carbonyl (C=O) groups excluding carboxylic acids is 1. The standard InChI is InChI=1S/C12H15Cl2NO2S/c1-12(17,7-18-2)6-15-11(16)8-4-3-5-9(13)10(8)14/h3-5,17H,6-7H2,1-2H3,(H,15,16)/t12-/m0/s1. The maximum Gasteiger partial charge on any atom is 0.252 e. The Kier molecular flexibility index (Phi) is 5.79. The van der Waals surface area contributed by atoms with Crippen molar-refractivity contribution in [3.05, 3.63) is 33.8 Å². The highest BCUT2D eigenvalue weighted by Gasteiger charge is 2.21. The van der Waals surface area contributed by atoms with E-state index < -0.39 is 5.60 Å². The molecule has 0 aliphatic rings. The summed E-state index contributed by atoms with van der Waals surface area (Å²) in [7, 11) is 0. The second-order valence-corrected chi connectivity index (χ2v) is 5.87. The van der Waals surface area contributed by atoms with Gasteiger partial charge >= 0.3 is 0 Å². The van der Waals surface area contributed by atoms with Gasteiger partial charge in [-0.25, -0.2) is 0 Å². The van der Waals surface area contributed by atoms with Crippen LogP contribution >= 0.6 is 35.0 Å². The third-order valence-electron chi connectivity index (χ3n) is 2.28. The Morgan fingerprint density at radius 3 is 2.78 bits per heavy atom. The Bertz CT molecular complexity index is 438. The molecule has 1 atom stereocenters. The van der Waals surface area contributed by atoms with Crippen molar-refractivity contribution in [2.45, 2.75) is 12.5 Å². The molecule has 6 heteroatoms. The normalized spacial score (nSPS) is 14.1. The van der Waals surface area contributed by atoms with Crippen molar-refractivity contribution in [3.63, 3.8) is 0 Å². The molecule has 0 aromatic heterocycles. The summed E-state index contributed by atoms with van der Waals surface area (Å²) < 4.78 is 0. The average Bonchev–Trinajstić information content (AvgIpc) is 2.30. The number of carbonyl (C=O) groups is 1. The van der Waals surface area contributed by atoms with E-state index in [1.807, 2.05) is 6.26 Å². The lowest BCUT2D eigenvalue weighted by molar-refractivity contribution is 0.0725. The molecular weight excluding hydrogens is 293 g/mol. The molecule has 0 saturated heterocycles. The second-order valence-electron chi connectivity index (χ2n) is 4.21. The molecule has 0 heterocycles. The first-order valence-corrected chi connectivity index (χ1v) is 7.46. The minimum absolute atomic E-state index is 0.162. The van der Waals surface area contributed by atoms with Crippen molar-refractivity contribution in [2.24, 2.45) is 0 Å². The predicted molar refractivity (Wildman–Crippen MR) is 77.8 cm³/mol. The molecule has 1 aromatic carbocycles. The van der Waals surface area contributed by atoms with Gasteiger partial charge in [-0.3, -0.25) is 4.79 Å². The van der Waals surface area contributed by atoms with Gasteiger partial charge in [0.2, 0.25) is 0 Å². The zero-order valence-corrected chi connectivity index (χ0v) is 12.5. The highest BCUT2D eigenvalue weighted by Crippen LogP contribution is 2.25. The first kappa shape index (κ1) is 15.6. The van der Waals surface area contributed by atoms with Gasteiger partial charge in [0.05, 0.1) is 21.2 Å². The van der Waals surface area contributed by atoms with Gasteiger partial charge in [0.25, 0.3) is 5.91 Å². The lowest BCUT2D eigenvalue weighted by Crippen LogP contribution is -2.42. The van der Waals surface area contributed by atoms with Crippen LogP contribution in [0.15, 0.2) is 18.2 Å². The summed E-state index contributed by atoms with van der Waals surface area (Å²) in [5.41, 5.74) is -0.635. The molecule has 0 radical (unpaired) electrons. The van der Waals surface area contributed by atoms with Crippen LogP contribution in [0, 0.1) is 0 Å². The van der Waals surface area contributed by atoms with Gasteiger partial charge in [0.1, 0.15) is 0 Å². The van der Waals surface area contributed by atoms with E-state index in [1.165, 1.54) is 11.8 Å². The van der Waals surface area contributed by atoms with Gasteiger partial charge in [-0.2, -0.15) is 11.8 Å². The van der Waals surface area contributed by atoms with Gasteiger partial charge in [-0.1, -0.05) is 29.3 Å². The molecule has 0 bridgehead atoms. The maximum atomic E-state index is 11.9. The lowest BCUT2D eigenvalue weighted by Gasteiger charge is -2.22. The summed E-state index contributed by atoms with van der Waals surface area (Å²) in [5.74, 6) is 0.195. The van der Waals surface area contributed by atoms with E-state index in [0.29, 0.717) is 16.3 Å². The molecule has 2 N–H and O–H groups in total. The number of hydrogen-bond acceptors (Lipinski definition) is 3. The molecule has 18 heavy (non-hydrogen) atoms. The molecule has 0 saturated carbocycles. The highest BCUT2D eigenvalue weighted by atomic mass is 35.5. The van der Waals surface area contributed by atoms with E-state index in [9.17, 15) is 9.90 Å². The monoisotopic (exact) mass is 307 g/mol. The van der Waals surface area contributed by atoms with E-state index >= 15 is 0 Å². The van der Waals surface area contributed by atoms with Crippen LogP contribution < -0.4 is 5.32 Å². The van der Waals surface area contributed by atoms with Crippen LogP contribution in [0.2, 0.25) is 10.0 Å². The minimum Gasteiger partial charge on any atom is -0.387 e. The zero-order valence-electron chi connectivity index (χ0n) is 10.2. The number of benzene rings is 1. The van der Waals surface area contributed by atoms with Gasteiger partial charge in [0, 0.05) is 12.3 Å². The average molecular weight is 308 g/mol. The molecule has 1 amide bonds. The summed E-state index contributed by atoms with van der Waals surface area (Å²) in [6.45, 7) is 1.83. The summed E-state index contributed by atoms with van der Waals surface area (Å²) in [4.78, 5) is 11.9. The Balaban J connectivity index is 2.69. The Hall–Kier alpha value is -0.420. The topological polar surface area (TPSA) is 49.3 Å². The van der Waals surface area contributed by atoms with Crippen LogP contribution in [0.1, 0.15) is 17.3 Å². The largest absolute Gasteiger partial charge is 0.387 e. The zero-order chi connectivity index (χ0) is 13.8. The van der Waals surface area contributed by atoms with Gasteiger partial charge in [-0.05, 0) is 25.3 Å². The van der Waals surface area contributed by atoms with Crippen molar-refractivity contribution in [3.8, 4) is 0 Å². The maximum absolute atomic E-state index is 11.9. The predicted octanol–water partition coefficient (Wildman–Crippen LogP) is 2.84. The Labute approximate surface area is 121 Å². The molecule has 1 aromatic rings. The molecule has 1 rings (SSSR count). The number of hydrogen-bond donors (Lipinski definition) is 2. The summed E-state index contributed by atoms with van der Waals surface area (Å²) in [6.07, 6.45) is 1.89. The van der Waals surface area contributed by atoms with Crippen molar-refractivity contribution in [1.82, 2.24) is 5.32 Å². The van der Waals surface area contributed by atoms with Crippen LogP contribution in [0.4, 0.5) is 0 Å². The van der Waals surface area contributed by atoms with Crippen LogP contribution in [0.5, 0.6) is 0 Å². The molecule has 100 valence electrons. The molecule has 0 spiro atoms. The quantitative estimate of drug-likeness (QED) is 0.879. The van der Waals surface area contributed by atoms with E-state index in [2.05, 4.69) is 5.32 Å². The van der Waals surface area contributed by atoms with Crippen molar-refractivity contribution >= 4 is 40.9 Å². The fourth-order valence-electron chi connectivity index (χ4n) is 1.41. The number of halogens is 2. The molecule has 0 fully saturated rings. The van der Waals surface area contributed by atoms with Crippen LogP contribution in [0.3, 0.4) is 0 Å². The minimum atomic E-state index is -0.944. The number of rotatable bonds is 5. The first-order valence-electron chi connectivity index (χ1n) is 5.31. The van der Waals surface area contributed by atoms with Gasteiger partial charge in [-0.15, -0.1) is 0 Å². The van der Waals surface area contributed by atoms with E-state index in [4.69, 9.17) is 23.2 Å². The van der Waals surface area contributed by atoms with Crippen molar-refractivity contribution in [2.75, 3.05) is 18.6 Å². The summed E-state index contributed by atoms with van der Waals surface area (Å²) >= 11 is 13.3. The first-order chi connectivity index (χ1) is 8.37. The molecule has 3 nitrogen and oxygen atoms in total. The second kappa shape index (κ2) is 6.66. The number of thioether (sulfide) groups is 1. The molecule has 0 aliphatic heterocycles. The van der Waals surface area contributed by atoms with Gasteiger partial charge < -0.3 is 10.4 Å². The van der Waals surface area contributed by atoms with Crippen LogP contribution in [-0.4, -0.2) is 35.2 Å². The number of amides is 1. The Morgan fingerprint density at radius 2 is 2.17 bits per heavy atom. The molecule has 0 aliphatic carbocycles. The van der Waals surface area contributed by atoms with E-state index in [0.717, 1.165) is 0 Å². The van der Waals surface area contributed by atoms with Crippen molar-refractivity contribution in [1.29, 1.82) is 0 Å². The molecular formula is C12H15Cl2NO2S. The SMILES string of the molecule is CSC[C@@](C)(O)CNC(=O)c1cccc(Cl)c1Cl. The van der Waals surface area contributed by atoms with E-state index in [-0.39, 0.29) is 17.5 Å². The van der Waals surface area contributed by atoms with Crippen LogP contribution in [-0.2, 0) is 0 Å². The third kappa shape index (κ3) is 4.35. The molecule has 0 unspecified atom stereocenters. The lowest BCUT2D eigenvalue weighted by atomic mass is 10.1. The Morgan fingerprint density at radius 1 is 1.50 bits per heavy atom. The number of aliphatic hydroxyl groups is 1. The van der Waals surface area contributed by atoms with Crippen molar-refractivity contribution < 1.29 is 9.90 Å².